The van der Waals surface area contributed by atoms with Gasteiger partial charge in [-0.1, -0.05) is 29.3 Å². The highest BCUT2D eigenvalue weighted by Gasteiger charge is 2.43. The normalized spacial score (nSPS) is 15.9. The number of thiocarbonyl (C=S) groups is 1. The molecule has 0 unspecified atom stereocenters. The molecule has 0 spiro atoms. The summed E-state index contributed by atoms with van der Waals surface area (Å²) < 4.78 is 0. The number of nitrogens with one attached hydrogen (secondary N) is 2. The molecule has 1 aliphatic rings. The lowest BCUT2D eigenvalue weighted by molar-refractivity contribution is -0.124. The average molecular weight is 459 g/mol. The molecule has 1 atom stereocenters. The van der Waals surface area contributed by atoms with Crippen molar-refractivity contribution in [2.24, 2.45) is 0 Å². The van der Waals surface area contributed by atoms with Crippen molar-refractivity contribution >= 4 is 58.0 Å². The van der Waals surface area contributed by atoms with Crippen molar-refractivity contribution < 1.29 is 14.4 Å². The fourth-order valence-electron chi connectivity index (χ4n) is 3.29. The molecule has 1 fully saturated rings. The van der Waals surface area contributed by atoms with Gasteiger partial charge in [0.25, 0.3) is 5.91 Å². The molecule has 3 rings (SSSR count). The summed E-state index contributed by atoms with van der Waals surface area (Å²) in [6.45, 7) is 3.99. The van der Waals surface area contributed by atoms with Gasteiger partial charge in [-0.25, -0.2) is 0 Å². The highest BCUT2D eigenvalue weighted by atomic mass is 35.5. The summed E-state index contributed by atoms with van der Waals surface area (Å²) in [6.07, 6.45) is -0.0793. The Bertz CT molecular complexity index is 995. The first kappa shape index (κ1) is 22.7. The number of hydrogen-bond acceptors (Lipinski definition) is 4. The number of aryl methyl sites for hydroxylation is 1. The Hall–Kier alpha value is -2.97. The third kappa shape index (κ3) is 5.59. The standard InChI is InChI=1S/C22H23ClN4O3S/c1-14-3-9-18(10-4-14)27-21(30)19(26(22(27)31)12-11-24-15(2)28)13-20(29)25-17-7-5-16(23)6-8-17/h3-10,19H,11-13H2,1-2H3,(H,24,28)(H,25,29)/t19-/m0/s1. The number of anilines is 2. The molecular formula is C22H23ClN4O3S. The maximum Gasteiger partial charge on any atom is 0.256 e. The fraction of sp³-hybridized carbons (Fsp3) is 0.273. The topological polar surface area (TPSA) is 81.8 Å². The van der Waals surface area contributed by atoms with Crippen molar-refractivity contribution in [3.05, 3.63) is 59.1 Å². The van der Waals surface area contributed by atoms with Crippen molar-refractivity contribution in [1.29, 1.82) is 0 Å². The summed E-state index contributed by atoms with van der Waals surface area (Å²) in [6, 6.07) is 13.4. The number of rotatable bonds is 7. The minimum absolute atomic E-state index is 0.0793. The van der Waals surface area contributed by atoms with Gasteiger partial charge in [0.2, 0.25) is 11.8 Å². The van der Waals surface area contributed by atoms with Gasteiger partial charge in [-0.2, -0.15) is 0 Å². The Balaban J connectivity index is 1.79. The molecule has 0 radical (unpaired) electrons. The van der Waals surface area contributed by atoms with E-state index >= 15 is 0 Å². The number of carbonyl (C=O) groups is 3. The zero-order valence-electron chi connectivity index (χ0n) is 17.2. The molecule has 3 amide bonds. The maximum absolute atomic E-state index is 13.3. The molecule has 0 bridgehead atoms. The molecule has 1 heterocycles. The number of hydrogen-bond donors (Lipinski definition) is 2. The van der Waals surface area contributed by atoms with Crippen LogP contribution < -0.4 is 15.5 Å². The molecule has 31 heavy (non-hydrogen) atoms. The fourth-order valence-corrected chi connectivity index (χ4v) is 3.83. The molecule has 7 nitrogen and oxygen atoms in total. The van der Waals surface area contributed by atoms with E-state index in [-0.39, 0.29) is 24.1 Å². The van der Waals surface area contributed by atoms with E-state index in [2.05, 4.69) is 10.6 Å². The van der Waals surface area contributed by atoms with Gasteiger partial charge in [-0.05, 0) is 55.5 Å². The maximum atomic E-state index is 13.3. The zero-order chi connectivity index (χ0) is 22.5. The van der Waals surface area contributed by atoms with E-state index in [0.29, 0.717) is 34.6 Å². The van der Waals surface area contributed by atoms with Crippen LogP contribution in [0, 0.1) is 6.92 Å². The molecule has 2 aromatic rings. The molecule has 2 aromatic carbocycles. The smallest absolute Gasteiger partial charge is 0.256 e. The van der Waals surface area contributed by atoms with E-state index in [0.717, 1.165) is 5.56 Å². The first-order chi connectivity index (χ1) is 14.8. The quantitative estimate of drug-likeness (QED) is 0.623. The molecule has 1 aliphatic heterocycles. The highest BCUT2D eigenvalue weighted by Crippen LogP contribution is 2.27. The molecule has 2 N–H and O–H groups in total. The van der Waals surface area contributed by atoms with Crippen LogP contribution in [0.2, 0.25) is 5.02 Å². The van der Waals surface area contributed by atoms with Gasteiger partial charge in [-0.3, -0.25) is 19.3 Å². The van der Waals surface area contributed by atoms with E-state index < -0.39 is 6.04 Å². The number of halogens is 1. The lowest BCUT2D eigenvalue weighted by Crippen LogP contribution is -2.42. The molecule has 0 saturated carbocycles. The lowest BCUT2D eigenvalue weighted by atomic mass is 10.1. The van der Waals surface area contributed by atoms with E-state index in [1.54, 1.807) is 29.2 Å². The minimum atomic E-state index is -0.769. The van der Waals surface area contributed by atoms with Gasteiger partial charge in [0.1, 0.15) is 6.04 Å². The van der Waals surface area contributed by atoms with Crippen LogP contribution in [0.3, 0.4) is 0 Å². The molecule has 162 valence electrons. The van der Waals surface area contributed by atoms with Crippen LogP contribution in [0.15, 0.2) is 48.5 Å². The minimum Gasteiger partial charge on any atom is -0.355 e. The van der Waals surface area contributed by atoms with Crippen LogP contribution in [0.25, 0.3) is 0 Å². The van der Waals surface area contributed by atoms with Gasteiger partial charge in [0.15, 0.2) is 5.11 Å². The molecule has 1 saturated heterocycles. The largest absolute Gasteiger partial charge is 0.355 e. The van der Waals surface area contributed by atoms with Gasteiger partial charge >= 0.3 is 0 Å². The SMILES string of the molecule is CC(=O)NCCN1C(=S)N(c2ccc(C)cc2)C(=O)[C@@H]1CC(=O)Nc1ccc(Cl)cc1. The number of nitrogens with zero attached hydrogens (tertiary/aromatic N) is 2. The van der Waals surface area contributed by atoms with Crippen LogP contribution in [0.5, 0.6) is 0 Å². The van der Waals surface area contributed by atoms with Crippen molar-refractivity contribution in [3.8, 4) is 0 Å². The first-order valence-electron chi connectivity index (χ1n) is 9.77. The number of benzene rings is 2. The molecule has 9 heteroatoms. The van der Waals surface area contributed by atoms with Crippen LogP contribution in [-0.4, -0.2) is 46.9 Å². The van der Waals surface area contributed by atoms with Crippen molar-refractivity contribution in [1.82, 2.24) is 10.2 Å². The molecule has 0 aromatic heterocycles. The monoisotopic (exact) mass is 458 g/mol. The lowest BCUT2D eigenvalue weighted by Gasteiger charge is -2.24. The number of carbonyl (C=O) groups excluding carboxylic acids is 3. The second-order valence-electron chi connectivity index (χ2n) is 7.24. The van der Waals surface area contributed by atoms with Crippen LogP contribution in [-0.2, 0) is 14.4 Å². The van der Waals surface area contributed by atoms with E-state index in [4.69, 9.17) is 23.8 Å². The van der Waals surface area contributed by atoms with E-state index in [1.165, 1.54) is 11.8 Å². The van der Waals surface area contributed by atoms with Crippen LogP contribution >= 0.6 is 23.8 Å². The van der Waals surface area contributed by atoms with E-state index in [9.17, 15) is 14.4 Å². The Morgan fingerprint density at radius 2 is 1.74 bits per heavy atom. The summed E-state index contributed by atoms with van der Waals surface area (Å²) in [7, 11) is 0. The summed E-state index contributed by atoms with van der Waals surface area (Å²) in [4.78, 5) is 40.3. The second kappa shape index (κ2) is 9.89. The predicted octanol–water partition coefficient (Wildman–Crippen LogP) is 3.12. The van der Waals surface area contributed by atoms with Crippen molar-refractivity contribution in [2.45, 2.75) is 26.3 Å². The molecular weight excluding hydrogens is 436 g/mol. The summed E-state index contributed by atoms with van der Waals surface area (Å²) in [5.74, 6) is -0.773. The summed E-state index contributed by atoms with van der Waals surface area (Å²) in [5, 5.41) is 6.36. The van der Waals surface area contributed by atoms with Gasteiger partial charge in [-0.15, -0.1) is 0 Å². The Labute approximate surface area is 191 Å². The Morgan fingerprint density at radius 1 is 1.10 bits per heavy atom. The summed E-state index contributed by atoms with van der Waals surface area (Å²) in [5.41, 5.74) is 2.29. The Morgan fingerprint density at radius 3 is 2.35 bits per heavy atom. The van der Waals surface area contributed by atoms with Gasteiger partial charge in [0, 0.05) is 30.7 Å². The third-order valence-corrected chi connectivity index (χ3v) is 5.51. The van der Waals surface area contributed by atoms with Gasteiger partial charge in [0.05, 0.1) is 12.1 Å². The second-order valence-corrected chi connectivity index (χ2v) is 8.04. The van der Waals surface area contributed by atoms with Crippen molar-refractivity contribution in [3.63, 3.8) is 0 Å². The first-order valence-corrected chi connectivity index (χ1v) is 10.6. The van der Waals surface area contributed by atoms with Crippen LogP contribution in [0.1, 0.15) is 18.9 Å². The predicted molar refractivity (Wildman–Crippen MR) is 125 cm³/mol. The zero-order valence-corrected chi connectivity index (χ0v) is 18.8. The van der Waals surface area contributed by atoms with E-state index in [1.807, 2.05) is 31.2 Å². The van der Waals surface area contributed by atoms with Crippen molar-refractivity contribution in [2.75, 3.05) is 23.3 Å². The Kier molecular flexibility index (Phi) is 7.25. The van der Waals surface area contributed by atoms with Crippen LogP contribution in [0.4, 0.5) is 11.4 Å². The summed E-state index contributed by atoms with van der Waals surface area (Å²) >= 11 is 11.5. The molecule has 0 aliphatic carbocycles. The highest BCUT2D eigenvalue weighted by molar-refractivity contribution is 7.80. The third-order valence-electron chi connectivity index (χ3n) is 4.84. The number of amides is 3. The van der Waals surface area contributed by atoms with Gasteiger partial charge < -0.3 is 15.5 Å². The average Bonchev–Trinajstić information content (AvgIpc) is 2.94.